The molecule has 1 amide bonds. The first-order chi connectivity index (χ1) is 13.0. The molecule has 4 rings (SSSR count). The maximum Gasteiger partial charge on any atom is 0.246 e. The summed E-state index contributed by atoms with van der Waals surface area (Å²) in [5, 5.41) is 3.83. The highest BCUT2D eigenvalue weighted by molar-refractivity contribution is 7.80. The molecule has 2 aromatic rings. The number of anilines is 2. The van der Waals surface area contributed by atoms with Gasteiger partial charge in [-0.2, -0.15) is 0 Å². The van der Waals surface area contributed by atoms with Crippen molar-refractivity contribution in [1.29, 1.82) is 0 Å². The molecular formula is C20H20ClN3O2S. The predicted octanol–water partition coefficient (Wildman–Crippen LogP) is 3.37. The van der Waals surface area contributed by atoms with Crippen molar-refractivity contribution >= 4 is 46.2 Å². The van der Waals surface area contributed by atoms with Gasteiger partial charge in [-0.1, -0.05) is 29.8 Å². The van der Waals surface area contributed by atoms with Gasteiger partial charge in [0.15, 0.2) is 5.11 Å². The zero-order valence-electron chi connectivity index (χ0n) is 15.0. The summed E-state index contributed by atoms with van der Waals surface area (Å²) in [7, 11) is 0. The number of hydrogen-bond acceptors (Lipinski definition) is 4. The molecule has 0 saturated carbocycles. The predicted molar refractivity (Wildman–Crippen MR) is 113 cm³/mol. The second-order valence-corrected chi connectivity index (χ2v) is 7.47. The monoisotopic (exact) mass is 401 g/mol. The number of morpholine rings is 1. The number of carbonyl (C=O) groups excluding carboxylic acids is 1. The van der Waals surface area contributed by atoms with E-state index in [9.17, 15) is 4.79 Å². The highest BCUT2D eigenvalue weighted by atomic mass is 35.5. The van der Waals surface area contributed by atoms with Crippen LogP contribution in [0.15, 0.2) is 36.4 Å². The number of ether oxygens (including phenoxy) is 1. The van der Waals surface area contributed by atoms with E-state index in [1.807, 2.05) is 29.2 Å². The minimum Gasteiger partial charge on any atom is -0.378 e. The number of amides is 1. The lowest BCUT2D eigenvalue weighted by atomic mass is 9.97. The molecular weight excluding hydrogens is 382 g/mol. The first kappa shape index (κ1) is 18.2. The van der Waals surface area contributed by atoms with Gasteiger partial charge in [0, 0.05) is 40.6 Å². The van der Waals surface area contributed by atoms with E-state index < -0.39 is 0 Å². The Balaban J connectivity index is 1.87. The maximum absolute atomic E-state index is 11.8. The van der Waals surface area contributed by atoms with E-state index >= 15 is 0 Å². The number of hydrogen-bond donors (Lipinski definition) is 1. The van der Waals surface area contributed by atoms with E-state index in [2.05, 4.69) is 29.3 Å². The summed E-state index contributed by atoms with van der Waals surface area (Å²) in [6.45, 7) is 5.40. The summed E-state index contributed by atoms with van der Waals surface area (Å²) in [4.78, 5) is 15.9. The molecule has 7 heteroatoms. The number of nitrogens with zero attached hydrogens (tertiary/aromatic N) is 2. The second-order valence-electron chi connectivity index (χ2n) is 6.68. The standard InChI is InChI=1S/C20H20ClN3O2S/c1-13-10-14(24-12-18(25)22-20(24)27)11-16(15-4-2-3-5-17(15)21)19(13)23-6-8-26-9-7-23/h2-5,10-11H,6-9,12H2,1H3,(H,22,25,27). The van der Waals surface area contributed by atoms with Crippen molar-refractivity contribution in [3.8, 4) is 11.1 Å². The number of nitrogens with one attached hydrogen (secondary N) is 1. The Hall–Kier alpha value is -2.15. The van der Waals surface area contributed by atoms with Gasteiger partial charge >= 0.3 is 0 Å². The van der Waals surface area contributed by atoms with E-state index in [-0.39, 0.29) is 12.5 Å². The van der Waals surface area contributed by atoms with Crippen LogP contribution in [0.5, 0.6) is 0 Å². The number of carbonyl (C=O) groups is 1. The zero-order chi connectivity index (χ0) is 19.0. The van der Waals surface area contributed by atoms with Crippen molar-refractivity contribution < 1.29 is 9.53 Å². The van der Waals surface area contributed by atoms with Gasteiger partial charge < -0.3 is 19.9 Å². The number of thiocarbonyl (C=S) groups is 1. The van der Waals surface area contributed by atoms with Crippen LogP contribution in [-0.4, -0.2) is 43.9 Å². The molecule has 2 aliphatic rings. The Bertz CT molecular complexity index is 912. The Morgan fingerprint density at radius 3 is 2.56 bits per heavy atom. The summed E-state index contributed by atoms with van der Waals surface area (Å²) < 4.78 is 5.52. The smallest absolute Gasteiger partial charge is 0.246 e. The van der Waals surface area contributed by atoms with Crippen LogP contribution in [0.25, 0.3) is 11.1 Å². The summed E-state index contributed by atoms with van der Waals surface area (Å²) in [6.07, 6.45) is 0. The molecule has 5 nitrogen and oxygen atoms in total. The molecule has 0 aliphatic carbocycles. The molecule has 1 N–H and O–H groups in total. The second kappa shape index (κ2) is 7.46. The first-order valence-electron chi connectivity index (χ1n) is 8.88. The minimum atomic E-state index is -0.0887. The topological polar surface area (TPSA) is 44.8 Å². The average Bonchev–Trinajstić information content (AvgIpc) is 3.00. The van der Waals surface area contributed by atoms with Crippen LogP contribution < -0.4 is 15.1 Å². The highest BCUT2D eigenvalue weighted by Crippen LogP contribution is 2.41. The third-order valence-corrected chi connectivity index (χ3v) is 5.53. The van der Waals surface area contributed by atoms with Crippen molar-refractivity contribution in [2.75, 3.05) is 42.6 Å². The van der Waals surface area contributed by atoms with Gasteiger partial charge in [0.1, 0.15) is 6.54 Å². The molecule has 27 heavy (non-hydrogen) atoms. The Kier molecular flexibility index (Phi) is 5.04. The quantitative estimate of drug-likeness (QED) is 0.799. The molecule has 2 heterocycles. The number of aryl methyl sites for hydroxylation is 1. The molecule has 2 aliphatic heterocycles. The number of halogens is 1. The summed E-state index contributed by atoms with van der Waals surface area (Å²) in [6, 6.07) is 12.0. The number of benzene rings is 2. The first-order valence-corrected chi connectivity index (χ1v) is 9.67. The fourth-order valence-electron chi connectivity index (χ4n) is 3.66. The van der Waals surface area contributed by atoms with E-state index in [0.29, 0.717) is 23.3 Å². The SMILES string of the molecule is Cc1cc(N2CC(=O)NC2=S)cc(-c2ccccc2Cl)c1N1CCOCC1. The molecule has 140 valence electrons. The molecule has 2 saturated heterocycles. The van der Waals surface area contributed by atoms with E-state index in [1.54, 1.807) is 0 Å². The van der Waals surface area contributed by atoms with Crippen molar-refractivity contribution in [1.82, 2.24) is 5.32 Å². The summed E-state index contributed by atoms with van der Waals surface area (Å²) in [5.41, 5.74) is 5.17. The van der Waals surface area contributed by atoms with Gasteiger partial charge in [-0.15, -0.1) is 0 Å². The fourth-order valence-corrected chi connectivity index (χ4v) is 4.18. The molecule has 0 spiro atoms. The molecule has 0 radical (unpaired) electrons. The molecule has 0 aromatic heterocycles. The van der Waals surface area contributed by atoms with Crippen LogP contribution in [0, 0.1) is 6.92 Å². The molecule has 0 unspecified atom stereocenters. The van der Waals surface area contributed by atoms with E-state index in [1.165, 1.54) is 0 Å². The minimum absolute atomic E-state index is 0.0887. The maximum atomic E-state index is 11.8. The van der Waals surface area contributed by atoms with Gasteiger partial charge in [-0.05, 0) is 42.9 Å². The van der Waals surface area contributed by atoms with Gasteiger partial charge in [0.05, 0.1) is 13.2 Å². The summed E-state index contributed by atoms with van der Waals surface area (Å²) in [5.74, 6) is -0.0887. The third-order valence-electron chi connectivity index (χ3n) is 4.88. The largest absolute Gasteiger partial charge is 0.378 e. The van der Waals surface area contributed by atoms with Crippen LogP contribution in [-0.2, 0) is 9.53 Å². The van der Waals surface area contributed by atoms with Gasteiger partial charge in [-0.3, -0.25) is 4.79 Å². The van der Waals surface area contributed by atoms with E-state index in [4.69, 9.17) is 28.6 Å². The van der Waals surface area contributed by atoms with E-state index in [0.717, 1.165) is 41.2 Å². The van der Waals surface area contributed by atoms with Crippen molar-refractivity contribution in [3.63, 3.8) is 0 Å². The average molecular weight is 402 g/mol. The van der Waals surface area contributed by atoms with Crippen LogP contribution in [0.1, 0.15) is 5.56 Å². The van der Waals surface area contributed by atoms with Crippen LogP contribution in [0.3, 0.4) is 0 Å². The highest BCUT2D eigenvalue weighted by Gasteiger charge is 2.27. The summed E-state index contributed by atoms with van der Waals surface area (Å²) >= 11 is 11.9. The van der Waals surface area contributed by atoms with Crippen LogP contribution >= 0.6 is 23.8 Å². The fraction of sp³-hybridized carbons (Fsp3) is 0.300. The third kappa shape index (κ3) is 3.52. The van der Waals surface area contributed by atoms with Crippen molar-refractivity contribution in [3.05, 3.63) is 47.0 Å². The molecule has 2 aromatic carbocycles. The number of rotatable bonds is 3. The van der Waals surface area contributed by atoms with Crippen LogP contribution in [0.4, 0.5) is 11.4 Å². The lowest BCUT2D eigenvalue weighted by Gasteiger charge is -2.33. The van der Waals surface area contributed by atoms with Gasteiger partial charge in [0.2, 0.25) is 5.91 Å². The lowest BCUT2D eigenvalue weighted by Crippen LogP contribution is -2.37. The van der Waals surface area contributed by atoms with Crippen molar-refractivity contribution in [2.24, 2.45) is 0 Å². The van der Waals surface area contributed by atoms with Crippen molar-refractivity contribution in [2.45, 2.75) is 6.92 Å². The van der Waals surface area contributed by atoms with Gasteiger partial charge in [0.25, 0.3) is 0 Å². The normalized spacial score (nSPS) is 17.4. The molecule has 0 bridgehead atoms. The lowest BCUT2D eigenvalue weighted by molar-refractivity contribution is -0.117. The molecule has 2 fully saturated rings. The van der Waals surface area contributed by atoms with Crippen LogP contribution in [0.2, 0.25) is 5.02 Å². The Morgan fingerprint density at radius 1 is 1.15 bits per heavy atom. The zero-order valence-corrected chi connectivity index (χ0v) is 16.6. The Labute approximate surface area is 168 Å². The van der Waals surface area contributed by atoms with Gasteiger partial charge in [-0.25, -0.2) is 0 Å². The molecule has 0 atom stereocenters. The Morgan fingerprint density at radius 2 is 1.89 bits per heavy atom.